The number of rotatable bonds is 3. The van der Waals surface area contributed by atoms with Crippen LogP contribution in [0.2, 0.25) is 0 Å². The smallest absolute Gasteiger partial charge is 0.258 e. The average Bonchev–Trinajstić information content (AvgIpc) is 3.22. The highest BCUT2D eigenvalue weighted by Crippen LogP contribution is 2.66. The first-order valence-corrected chi connectivity index (χ1v) is 13.1. The maximum Gasteiger partial charge on any atom is 0.258 e. The third kappa shape index (κ3) is 3.23. The molecule has 2 aromatic rings. The number of hydrogen-bond donors (Lipinski definition) is 1. The number of alkyl halides is 2. The van der Waals surface area contributed by atoms with Gasteiger partial charge in [0, 0.05) is 24.6 Å². The fourth-order valence-corrected chi connectivity index (χ4v) is 7.77. The van der Waals surface area contributed by atoms with Crippen molar-refractivity contribution in [1.29, 1.82) is 0 Å². The molecular formula is C28H23Cl2FN2O6. The second-order valence-electron chi connectivity index (χ2n) is 10.4. The largest absolute Gasteiger partial charge is 0.508 e. The number of hydrogen-bond acceptors (Lipinski definition) is 6. The van der Waals surface area contributed by atoms with Gasteiger partial charge in [0.25, 0.3) is 11.8 Å². The van der Waals surface area contributed by atoms with E-state index in [0.717, 1.165) is 21.9 Å². The Morgan fingerprint density at radius 2 is 1.69 bits per heavy atom. The van der Waals surface area contributed by atoms with Crippen LogP contribution in [0, 0.1) is 23.6 Å². The molecule has 202 valence electrons. The number of methoxy groups -OCH3 is 1. The van der Waals surface area contributed by atoms with Crippen LogP contribution in [0.3, 0.4) is 0 Å². The summed E-state index contributed by atoms with van der Waals surface area (Å²) in [7, 11) is 2.81. The molecule has 2 aliphatic carbocycles. The lowest BCUT2D eigenvalue weighted by molar-refractivity contribution is -0.138. The summed E-state index contributed by atoms with van der Waals surface area (Å²) >= 11 is 14.5. The molecule has 6 rings (SSSR count). The van der Waals surface area contributed by atoms with Gasteiger partial charge in [-0.2, -0.15) is 0 Å². The normalized spacial score (nSPS) is 33.6. The predicted octanol–water partition coefficient (Wildman–Crippen LogP) is 3.73. The minimum absolute atomic E-state index is 0.0960. The van der Waals surface area contributed by atoms with Crippen LogP contribution in [-0.2, 0) is 19.2 Å². The Balaban J connectivity index is 1.60. The molecule has 6 atom stereocenters. The number of halogens is 3. The quantitative estimate of drug-likeness (QED) is 0.341. The van der Waals surface area contributed by atoms with Gasteiger partial charge in [0.2, 0.25) is 11.8 Å². The first-order valence-electron chi connectivity index (χ1n) is 12.4. The van der Waals surface area contributed by atoms with Gasteiger partial charge in [-0.25, -0.2) is 9.29 Å². The Morgan fingerprint density at radius 1 is 1.00 bits per heavy atom. The zero-order valence-electron chi connectivity index (χ0n) is 20.9. The summed E-state index contributed by atoms with van der Waals surface area (Å²) in [5, 5.41) is 10.1. The van der Waals surface area contributed by atoms with E-state index in [1.807, 2.05) is 6.08 Å². The van der Waals surface area contributed by atoms with Crippen LogP contribution in [-0.4, -0.2) is 57.5 Å². The van der Waals surface area contributed by atoms with Gasteiger partial charge < -0.3 is 9.84 Å². The molecule has 6 unspecified atom stereocenters. The van der Waals surface area contributed by atoms with E-state index in [1.54, 1.807) is 6.07 Å². The van der Waals surface area contributed by atoms with Crippen molar-refractivity contribution in [3.05, 3.63) is 65.5 Å². The van der Waals surface area contributed by atoms with Gasteiger partial charge in [-0.05, 0) is 49.1 Å². The first kappa shape index (κ1) is 25.8. The summed E-state index contributed by atoms with van der Waals surface area (Å²) in [6.07, 6.45) is 1.89. The number of carbonyl (C=O) groups is 4. The highest BCUT2D eigenvalue weighted by molar-refractivity contribution is 6.58. The minimum Gasteiger partial charge on any atom is -0.508 e. The molecule has 8 nitrogen and oxygen atoms in total. The number of phenolic OH excluding ortho intramolecular Hbond substituents is 1. The second-order valence-corrected chi connectivity index (χ2v) is 11.7. The summed E-state index contributed by atoms with van der Waals surface area (Å²) in [5.41, 5.74) is 1.08. The van der Waals surface area contributed by atoms with E-state index in [4.69, 9.17) is 27.9 Å². The van der Waals surface area contributed by atoms with E-state index < -0.39 is 51.1 Å². The number of amides is 4. The Hall–Kier alpha value is -3.43. The number of anilines is 1. The van der Waals surface area contributed by atoms with E-state index in [2.05, 4.69) is 0 Å². The van der Waals surface area contributed by atoms with Gasteiger partial charge in [0.05, 0.1) is 24.6 Å². The van der Waals surface area contributed by atoms with E-state index in [-0.39, 0.29) is 41.8 Å². The summed E-state index contributed by atoms with van der Waals surface area (Å²) in [6.45, 7) is 0. The lowest BCUT2D eigenvalue weighted by Gasteiger charge is -2.50. The number of nitrogens with zero attached hydrogens (tertiary/aromatic N) is 2. The van der Waals surface area contributed by atoms with Crippen LogP contribution in [0.4, 0.5) is 10.1 Å². The number of benzene rings is 2. The maximum absolute atomic E-state index is 14.2. The molecule has 0 spiro atoms. The van der Waals surface area contributed by atoms with Crippen LogP contribution in [0.1, 0.15) is 24.3 Å². The molecule has 2 aliphatic heterocycles. The third-order valence-electron chi connectivity index (χ3n) is 8.64. The van der Waals surface area contributed by atoms with Crippen molar-refractivity contribution in [1.82, 2.24) is 4.90 Å². The van der Waals surface area contributed by atoms with Gasteiger partial charge in [0.15, 0.2) is 9.75 Å². The zero-order chi connectivity index (χ0) is 28.0. The first-order chi connectivity index (χ1) is 18.5. The van der Waals surface area contributed by atoms with Crippen LogP contribution in [0.15, 0.2) is 54.1 Å². The lowest BCUT2D eigenvalue weighted by Crippen LogP contribution is -2.60. The second kappa shape index (κ2) is 8.53. The molecule has 1 saturated carbocycles. The van der Waals surface area contributed by atoms with Crippen LogP contribution in [0.25, 0.3) is 0 Å². The SMILES string of the molecule is COc1cc(O)ccc1C1C2=CCC3C(=O)N(C)C(=O)C3C2CC2(Cl)C(=O)N(c3ccc(F)cc3)C(=O)C12Cl. The molecule has 2 saturated heterocycles. The van der Waals surface area contributed by atoms with Crippen molar-refractivity contribution < 1.29 is 33.4 Å². The number of likely N-dealkylation sites (tertiary alicyclic amines) is 1. The molecule has 39 heavy (non-hydrogen) atoms. The van der Waals surface area contributed by atoms with Crippen molar-refractivity contribution >= 4 is 52.5 Å². The summed E-state index contributed by atoms with van der Waals surface area (Å²) in [6, 6.07) is 9.11. The third-order valence-corrected chi connectivity index (χ3v) is 10.1. The molecule has 1 N–H and O–H groups in total. The Bertz CT molecular complexity index is 1500. The van der Waals surface area contributed by atoms with E-state index in [0.29, 0.717) is 11.1 Å². The fourth-order valence-electron chi connectivity index (χ4n) is 6.84. The molecule has 2 aromatic carbocycles. The highest BCUT2D eigenvalue weighted by Gasteiger charge is 2.76. The van der Waals surface area contributed by atoms with E-state index in [1.165, 1.54) is 38.4 Å². The summed E-state index contributed by atoms with van der Waals surface area (Å²) < 4.78 is 19.2. The van der Waals surface area contributed by atoms with Crippen molar-refractivity contribution in [2.45, 2.75) is 28.5 Å². The topological polar surface area (TPSA) is 104 Å². The molecule has 2 heterocycles. The predicted molar refractivity (Wildman–Crippen MR) is 139 cm³/mol. The maximum atomic E-state index is 14.2. The van der Waals surface area contributed by atoms with Crippen molar-refractivity contribution in [2.24, 2.45) is 17.8 Å². The Morgan fingerprint density at radius 3 is 2.36 bits per heavy atom. The number of ether oxygens (including phenoxy) is 1. The van der Waals surface area contributed by atoms with Gasteiger partial charge >= 0.3 is 0 Å². The number of aromatic hydroxyl groups is 1. The van der Waals surface area contributed by atoms with Crippen LogP contribution < -0.4 is 9.64 Å². The molecule has 0 aromatic heterocycles. The van der Waals surface area contributed by atoms with Gasteiger partial charge in [-0.3, -0.25) is 24.1 Å². The molecule has 11 heteroatoms. The number of imide groups is 2. The van der Waals surface area contributed by atoms with Gasteiger partial charge in [-0.15, -0.1) is 23.2 Å². The summed E-state index contributed by atoms with van der Waals surface area (Å²) in [5.74, 6) is -5.89. The van der Waals surface area contributed by atoms with Gasteiger partial charge in [-0.1, -0.05) is 17.7 Å². The Kier molecular flexibility index (Phi) is 5.65. The van der Waals surface area contributed by atoms with Gasteiger partial charge in [0.1, 0.15) is 17.3 Å². The average molecular weight is 573 g/mol. The molecular weight excluding hydrogens is 550 g/mol. The molecule has 3 fully saturated rings. The van der Waals surface area contributed by atoms with E-state index >= 15 is 0 Å². The van der Waals surface area contributed by atoms with Crippen molar-refractivity contribution in [3.8, 4) is 11.5 Å². The monoisotopic (exact) mass is 572 g/mol. The van der Waals surface area contributed by atoms with Crippen LogP contribution >= 0.6 is 23.2 Å². The number of allylic oxidation sites excluding steroid dienone is 2. The highest BCUT2D eigenvalue weighted by atomic mass is 35.5. The summed E-state index contributed by atoms with van der Waals surface area (Å²) in [4.78, 5) is 52.3. The van der Waals surface area contributed by atoms with Crippen LogP contribution in [0.5, 0.6) is 11.5 Å². The molecule has 4 aliphatic rings. The molecule has 0 bridgehead atoms. The lowest BCUT2D eigenvalue weighted by atomic mass is 9.56. The number of carbonyl (C=O) groups excluding carboxylic acids is 4. The molecule has 0 radical (unpaired) electrons. The minimum atomic E-state index is -2.07. The fraction of sp³-hybridized carbons (Fsp3) is 0.357. The number of fused-ring (bicyclic) bond motifs is 4. The zero-order valence-corrected chi connectivity index (χ0v) is 22.4. The van der Waals surface area contributed by atoms with Crippen molar-refractivity contribution in [2.75, 3.05) is 19.1 Å². The van der Waals surface area contributed by atoms with E-state index in [9.17, 15) is 28.7 Å². The Labute approximate surface area is 232 Å². The number of phenols is 1. The van der Waals surface area contributed by atoms with Crippen molar-refractivity contribution in [3.63, 3.8) is 0 Å². The standard InChI is InChI=1S/C28H23Cl2FN2O6/c1-32-23(35)18-10-9-16-19(21(18)24(32)36)12-27(29)25(37)33(14-5-3-13(31)4-6-14)26(38)28(27,30)22(16)17-8-7-15(34)11-20(17)39-2/h3-9,11,18-19,21-22,34H,10,12H2,1-2H3. The molecule has 4 amide bonds.